The molecular weight excluding hydrogens is 388 g/mol. The van der Waals surface area contributed by atoms with Crippen LogP contribution in [0.4, 0.5) is 0 Å². The summed E-state index contributed by atoms with van der Waals surface area (Å²) in [5, 5.41) is 9.02. The molecule has 1 N–H and O–H groups in total. The van der Waals surface area contributed by atoms with E-state index < -0.39 is 0 Å². The first kappa shape index (κ1) is 25.4. The molecule has 0 aliphatic heterocycles. The van der Waals surface area contributed by atoms with Gasteiger partial charge in [-0.1, -0.05) is 99.8 Å². The molecule has 0 amide bonds. The maximum atomic E-state index is 9.02. The molecule has 0 aliphatic rings. The number of aryl methyl sites for hydroxylation is 3. The number of hydrogen-bond acceptors (Lipinski definition) is 1. The molecule has 1 heteroatoms. The fourth-order valence-electron chi connectivity index (χ4n) is 4.10. The van der Waals surface area contributed by atoms with E-state index in [1.165, 1.54) is 71.0 Å². The van der Waals surface area contributed by atoms with Gasteiger partial charge < -0.3 is 5.11 Å². The van der Waals surface area contributed by atoms with E-state index >= 15 is 0 Å². The molecule has 0 fully saturated rings. The minimum absolute atomic E-state index is 0. The molecular formula is C31H40O. The van der Waals surface area contributed by atoms with Crippen LogP contribution in [0.15, 0.2) is 66.7 Å². The quantitative estimate of drug-likeness (QED) is 0.241. The lowest BCUT2D eigenvalue weighted by atomic mass is 9.92. The summed E-state index contributed by atoms with van der Waals surface area (Å²) in [5.74, 6) is 0. The molecule has 0 unspecified atom stereocenters. The lowest BCUT2D eigenvalue weighted by Crippen LogP contribution is -1.92. The van der Waals surface area contributed by atoms with Crippen LogP contribution in [0.2, 0.25) is 0 Å². The van der Waals surface area contributed by atoms with Crippen molar-refractivity contribution in [2.45, 2.75) is 65.2 Å². The first-order chi connectivity index (χ1) is 15.7. The van der Waals surface area contributed by atoms with Gasteiger partial charge in [0.05, 0.1) is 0 Å². The van der Waals surface area contributed by atoms with Gasteiger partial charge in [-0.15, -0.1) is 12.8 Å². The Kier molecular flexibility index (Phi) is 11.4. The maximum absolute atomic E-state index is 9.02. The van der Waals surface area contributed by atoms with Crippen LogP contribution in [-0.4, -0.2) is 11.7 Å². The zero-order valence-corrected chi connectivity index (χ0v) is 19.8. The summed E-state index contributed by atoms with van der Waals surface area (Å²) in [6.07, 6.45) is 17.2. The number of rotatable bonds is 11. The third-order valence-electron chi connectivity index (χ3n) is 5.98. The molecule has 0 spiro atoms. The zero-order valence-electron chi connectivity index (χ0n) is 19.8. The summed E-state index contributed by atoms with van der Waals surface area (Å²) in [5.41, 5.74) is 9.32. The van der Waals surface area contributed by atoms with E-state index in [0.717, 1.165) is 19.3 Å². The van der Waals surface area contributed by atoms with Crippen LogP contribution < -0.4 is 0 Å². The second kappa shape index (κ2) is 14.3. The van der Waals surface area contributed by atoms with Crippen LogP contribution in [0.25, 0.3) is 22.3 Å². The van der Waals surface area contributed by atoms with Crippen molar-refractivity contribution >= 4 is 0 Å². The standard InChI is InChI=1S/C29H36O.C2H2.H2/c1-3-5-6-7-9-23-11-15-26(16-12-23)28-19-20-29(25(4-2)22-28)27-17-13-24(14-18-27)10-8-21-30;1-2;/h11-20,22,30H,3-10,21H2,1-2H3;1-2H;1H. The Morgan fingerprint density at radius 1 is 0.656 bits per heavy atom. The molecule has 3 rings (SSSR count). The van der Waals surface area contributed by atoms with Crippen molar-refractivity contribution in [1.29, 1.82) is 0 Å². The molecule has 0 aromatic heterocycles. The third-order valence-corrected chi connectivity index (χ3v) is 5.98. The van der Waals surface area contributed by atoms with Crippen molar-refractivity contribution in [3.8, 4) is 35.1 Å². The molecule has 0 atom stereocenters. The Morgan fingerprint density at radius 3 is 1.78 bits per heavy atom. The average Bonchev–Trinajstić information content (AvgIpc) is 2.87. The minimum Gasteiger partial charge on any atom is -0.396 e. The van der Waals surface area contributed by atoms with Crippen molar-refractivity contribution in [2.24, 2.45) is 0 Å². The second-order valence-electron chi connectivity index (χ2n) is 8.26. The Hall–Kier alpha value is -2.82. The van der Waals surface area contributed by atoms with Crippen molar-refractivity contribution < 1.29 is 6.53 Å². The van der Waals surface area contributed by atoms with E-state index in [4.69, 9.17) is 5.11 Å². The van der Waals surface area contributed by atoms with E-state index in [9.17, 15) is 0 Å². The number of benzene rings is 3. The smallest absolute Gasteiger partial charge is 0.0434 e. The molecule has 0 aliphatic carbocycles. The van der Waals surface area contributed by atoms with Gasteiger partial charge in [-0.2, -0.15) is 0 Å². The summed E-state index contributed by atoms with van der Waals surface area (Å²) in [7, 11) is 0. The summed E-state index contributed by atoms with van der Waals surface area (Å²) in [6, 6.07) is 24.8. The molecule has 32 heavy (non-hydrogen) atoms. The molecule has 0 bridgehead atoms. The Morgan fingerprint density at radius 2 is 1.22 bits per heavy atom. The second-order valence-corrected chi connectivity index (χ2v) is 8.26. The van der Waals surface area contributed by atoms with Crippen molar-refractivity contribution in [3.63, 3.8) is 0 Å². The van der Waals surface area contributed by atoms with Gasteiger partial charge in [0.2, 0.25) is 0 Å². The van der Waals surface area contributed by atoms with Crippen LogP contribution in [0.1, 0.15) is 64.1 Å². The first-order valence-corrected chi connectivity index (χ1v) is 12.0. The Balaban J connectivity index is 0.00000177. The monoisotopic (exact) mass is 428 g/mol. The van der Waals surface area contributed by atoms with Crippen LogP contribution in [0, 0.1) is 12.8 Å². The number of aliphatic hydroxyl groups is 1. The van der Waals surface area contributed by atoms with Gasteiger partial charge in [0.1, 0.15) is 0 Å². The van der Waals surface area contributed by atoms with E-state index in [1.807, 2.05) is 0 Å². The Bertz CT molecular complexity index is 939. The molecule has 3 aromatic rings. The van der Waals surface area contributed by atoms with E-state index in [0.29, 0.717) is 0 Å². The highest BCUT2D eigenvalue weighted by atomic mass is 16.2. The summed E-state index contributed by atoms with van der Waals surface area (Å²) in [4.78, 5) is 0. The summed E-state index contributed by atoms with van der Waals surface area (Å²) >= 11 is 0. The minimum atomic E-state index is 0. The van der Waals surface area contributed by atoms with Crippen LogP contribution >= 0.6 is 0 Å². The largest absolute Gasteiger partial charge is 0.396 e. The third kappa shape index (κ3) is 7.40. The summed E-state index contributed by atoms with van der Waals surface area (Å²) < 4.78 is 0. The molecule has 0 radical (unpaired) electrons. The normalized spacial score (nSPS) is 10.4. The average molecular weight is 429 g/mol. The van der Waals surface area contributed by atoms with Gasteiger partial charge in [0.25, 0.3) is 0 Å². The van der Waals surface area contributed by atoms with Crippen molar-refractivity contribution in [3.05, 3.63) is 83.4 Å². The van der Waals surface area contributed by atoms with Crippen LogP contribution in [0.3, 0.4) is 0 Å². The highest BCUT2D eigenvalue weighted by molar-refractivity contribution is 5.74. The topological polar surface area (TPSA) is 20.2 Å². The molecule has 170 valence electrons. The number of hydrogen-bond donors (Lipinski definition) is 1. The molecule has 0 heterocycles. The zero-order chi connectivity index (χ0) is 23.2. The van der Waals surface area contributed by atoms with Gasteiger partial charge in [0, 0.05) is 8.03 Å². The summed E-state index contributed by atoms with van der Waals surface area (Å²) in [6.45, 7) is 4.75. The van der Waals surface area contributed by atoms with Gasteiger partial charge in [-0.3, -0.25) is 0 Å². The molecule has 3 aromatic carbocycles. The van der Waals surface area contributed by atoms with Crippen LogP contribution in [0.5, 0.6) is 0 Å². The number of terminal acetylenes is 1. The predicted molar refractivity (Wildman–Crippen MR) is 142 cm³/mol. The first-order valence-electron chi connectivity index (χ1n) is 12.0. The highest BCUT2D eigenvalue weighted by Gasteiger charge is 2.07. The molecule has 1 nitrogen and oxygen atoms in total. The van der Waals surface area contributed by atoms with Crippen molar-refractivity contribution in [2.75, 3.05) is 6.61 Å². The molecule has 0 saturated heterocycles. The maximum Gasteiger partial charge on any atom is 0.0434 e. The SMILES string of the molecule is C#C.CCCCCCc1ccc(-c2ccc(-c3ccc(CCCO)cc3)c(CC)c2)cc1.[HH]. The number of unbranched alkanes of at least 4 members (excludes halogenated alkanes) is 3. The van der Waals surface area contributed by atoms with E-state index in [2.05, 4.69) is 93.4 Å². The van der Waals surface area contributed by atoms with Crippen molar-refractivity contribution in [1.82, 2.24) is 0 Å². The van der Waals surface area contributed by atoms with Crippen LogP contribution in [-0.2, 0) is 19.3 Å². The van der Waals surface area contributed by atoms with Gasteiger partial charge in [0.15, 0.2) is 0 Å². The van der Waals surface area contributed by atoms with Gasteiger partial charge in [-0.25, -0.2) is 0 Å². The number of aliphatic hydroxyl groups excluding tert-OH is 1. The van der Waals surface area contributed by atoms with E-state index in [1.54, 1.807) is 0 Å². The lowest BCUT2D eigenvalue weighted by Gasteiger charge is -2.12. The lowest BCUT2D eigenvalue weighted by molar-refractivity contribution is 0.288. The van der Waals surface area contributed by atoms with E-state index in [-0.39, 0.29) is 8.03 Å². The highest BCUT2D eigenvalue weighted by Crippen LogP contribution is 2.30. The predicted octanol–water partition coefficient (Wildman–Crippen LogP) is 8.13. The molecule has 0 saturated carbocycles. The van der Waals surface area contributed by atoms with Gasteiger partial charge in [-0.05, 0) is 71.0 Å². The fraction of sp³-hybridized carbons (Fsp3) is 0.355. The fourth-order valence-corrected chi connectivity index (χ4v) is 4.10. The van der Waals surface area contributed by atoms with Gasteiger partial charge >= 0.3 is 0 Å². The Labute approximate surface area is 197 Å².